The summed E-state index contributed by atoms with van der Waals surface area (Å²) in [5.74, 6) is 1.08. The van der Waals surface area contributed by atoms with Gasteiger partial charge in [0.15, 0.2) is 0 Å². The van der Waals surface area contributed by atoms with Crippen LogP contribution in [0.2, 0.25) is 0 Å². The van der Waals surface area contributed by atoms with E-state index < -0.39 is 16.1 Å². The molecule has 128 valence electrons. The van der Waals surface area contributed by atoms with Gasteiger partial charge in [0.2, 0.25) is 15.9 Å². The van der Waals surface area contributed by atoms with Gasteiger partial charge in [0.1, 0.15) is 6.04 Å². The molecular weight excluding hydrogens is 320 g/mol. The van der Waals surface area contributed by atoms with Gasteiger partial charge < -0.3 is 4.90 Å². The summed E-state index contributed by atoms with van der Waals surface area (Å²) in [5.41, 5.74) is 0. The molecule has 0 aromatic carbocycles. The van der Waals surface area contributed by atoms with Crippen LogP contribution in [0.1, 0.15) is 45.4 Å². The molecule has 2 atom stereocenters. The Bertz CT molecular complexity index is 481. The first kappa shape index (κ1) is 18.1. The molecule has 2 aliphatic heterocycles. The van der Waals surface area contributed by atoms with E-state index in [4.69, 9.17) is 0 Å². The SMILES string of the molecule is CCSC1CCCCN(C(=O)C2CCCCN2S(C)(=O)=O)C1. The van der Waals surface area contributed by atoms with Crippen LogP contribution in [0.5, 0.6) is 0 Å². The summed E-state index contributed by atoms with van der Waals surface area (Å²) < 4.78 is 25.4. The van der Waals surface area contributed by atoms with Crippen LogP contribution in [0.25, 0.3) is 0 Å². The van der Waals surface area contributed by atoms with Crippen molar-refractivity contribution in [1.82, 2.24) is 9.21 Å². The molecule has 0 aromatic heterocycles. The quantitative estimate of drug-likeness (QED) is 0.779. The summed E-state index contributed by atoms with van der Waals surface area (Å²) in [7, 11) is -3.31. The molecule has 0 N–H and O–H groups in total. The maximum absolute atomic E-state index is 12.9. The van der Waals surface area contributed by atoms with E-state index in [2.05, 4.69) is 6.92 Å². The summed E-state index contributed by atoms with van der Waals surface area (Å²) in [6.07, 6.45) is 7.00. The lowest BCUT2D eigenvalue weighted by molar-refractivity contribution is -0.136. The fourth-order valence-corrected chi connectivity index (χ4v) is 5.64. The lowest BCUT2D eigenvalue weighted by Gasteiger charge is -2.36. The number of carbonyl (C=O) groups excluding carboxylic acids is 1. The summed E-state index contributed by atoms with van der Waals surface area (Å²) in [6.45, 7) is 4.17. The number of carbonyl (C=O) groups is 1. The monoisotopic (exact) mass is 348 g/mol. The number of thioether (sulfide) groups is 1. The van der Waals surface area contributed by atoms with Crippen molar-refractivity contribution in [2.45, 2.75) is 56.7 Å². The molecule has 0 aliphatic carbocycles. The molecule has 2 saturated heterocycles. The average Bonchev–Trinajstić information content (AvgIpc) is 2.72. The number of rotatable bonds is 4. The van der Waals surface area contributed by atoms with E-state index in [0.29, 0.717) is 18.2 Å². The third kappa shape index (κ3) is 4.61. The summed E-state index contributed by atoms with van der Waals surface area (Å²) in [5, 5.41) is 0.492. The molecule has 0 spiro atoms. The van der Waals surface area contributed by atoms with Crippen molar-refractivity contribution in [3.8, 4) is 0 Å². The fraction of sp³-hybridized carbons (Fsp3) is 0.933. The second-order valence-corrected chi connectivity index (χ2v) is 9.76. The maximum Gasteiger partial charge on any atom is 0.241 e. The molecule has 1 amide bonds. The molecule has 2 unspecified atom stereocenters. The molecule has 0 aromatic rings. The van der Waals surface area contributed by atoms with Gasteiger partial charge in [-0.05, 0) is 31.4 Å². The van der Waals surface area contributed by atoms with Gasteiger partial charge in [-0.25, -0.2) is 8.42 Å². The number of piperidine rings is 1. The Morgan fingerprint density at radius 1 is 1.14 bits per heavy atom. The standard InChI is InChI=1S/C15H28N2O3S2/c1-3-21-13-8-4-6-10-16(12-13)15(18)14-9-5-7-11-17(14)22(2,19)20/h13-14H,3-12H2,1-2H3. The zero-order chi connectivity index (χ0) is 16.2. The van der Waals surface area contributed by atoms with E-state index in [1.165, 1.54) is 10.6 Å². The molecule has 0 bridgehead atoms. The Kier molecular flexibility index (Phi) is 6.58. The van der Waals surface area contributed by atoms with Crippen LogP contribution in [0.3, 0.4) is 0 Å². The first-order chi connectivity index (χ1) is 10.4. The van der Waals surface area contributed by atoms with Gasteiger partial charge in [-0.2, -0.15) is 16.1 Å². The second-order valence-electron chi connectivity index (χ2n) is 6.24. The van der Waals surface area contributed by atoms with Crippen molar-refractivity contribution in [3.05, 3.63) is 0 Å². The molecular formula is C15H28N2O3S2. The van der Waals surface area contributed by atoms with Gasteiger partial charge >= 0.3 is 0 Å². The number of sulfonamides is 1. The van der Waals surface area contributed by atoms with Crippen molar-refractivity contribution in [3.63, 3.8) is 0 Å². The zero-order valence-electron chi connectivity index (χ0n) is 13.7. The van der Waals surface area contributed by atoms with Gasteiger partial charge in [-0.15, -0.1) is 0 Å². The highest BCUT2D eigenvalue weighted by atomic mass is 32.2. The van der Waals surface area contributed by atoms with Crippen molar-refractivity contribution < 1.29 is 13.2 Å². The van der Waals surface area contributed by atoms with Gasteiger partial charge in [0.25, 0.3) is 0 Å². The number of likely N-dealkylation sites (tertiary alicyclic amines) is 1. The lowest BCUT2D eigenvalue weighted by Crippen LogP contribution is -2.53. The van der Waals surface area contributed by atoms with E-state index in [1.54, 1.807) is 0 Å². The summed E-state index contributed by atoms with van der Waals surface area (Å²) >= 11 is 1.91. The van der Waals surface area contributed by atoms with Crippen LogP contribution in [0.15, 0.2) is 0 Å². The van der Waals surface area contributed by atoms with Crippen LogP contribution in [-0.2, 0) is 14.8 Å². The minimum Gasteiger partial charge on any atom is -0.340 e. The number of hydrogen-bond acceptors (Lipinski definition) is 4. The third-order valence-electron chi connectivity index (χ3n) is 4.51. The topological polar surface area (TPSA) is 57.7 Å². The van der Waals surface area contributed by atoms with Gasteiger partial charge in [-0.1, -0.05) is 19.8 Å². The Morgan fingerprint density at radius 3 is 2.50 bits per heavy atom. The van der Waals surface area contributed by atoms with Crippen molar-refractivity contribution >= 4 is 27.7 Å². The molecule has 2 heterocycles. The first-order valence-corrected chi connectivity index (χ1v) is 11.2. The van der Waals surface area contributed by atoms with E-state index in [1.807, 2.05) is 16.7 Å². The summed E-state index contributed by atoms with van der Waals surface area (Å²) in [6, 6.07) is -0.478. The molecule has 22 heavy (non-hydrogen) atoms. The van der Waals surface area contributed by atoms with Crippen LogP contribution in [0.4, 0.5) is 0 Å². The Labute approximate surface area is 138 Å². The van der Waals surface area contributed by atoms with E-state index in [-0.39, 0.29) is 5.91 Å². The van der Waals surface area contributed by atoms with Gasteiger partial charge in [-0.3, -0.25) is 4.79 Å². The molecule has 7 heteroatoms. The number of amides is 1. The van der Waals surface area contributed by atoms with Crippen LogP contribution in [-0.4, -0.2) is 66.5 Å². The molecule has 2 aliphatic rings. The number of nitrogens with zero attached hydrogens (tertiary/aromatic N) is 2. The van der Waals surface area contributed by atoms with E-state index in [0.717, 1.165) is 50.9 Å². The Balaban J connectivity index is 2.10. The van der Waals surface area contributed by atoms with E-state index >= 15 is 0 Å². The fourth-order valence-electron chi connectivity index (χ4n) is 3.43. The highest BCUT2D eigenvalue weighted by Gasteiger charge is 2.37. The highest BCUT2D eigenvalue weighted by molar-refractivity contribution is 7.99. The second kappa shape index (κ2) is 8.02. The van der Waals surface area contributed by atoms with Crippen LogP contribution < -0.4 is 0 Å². The van der Waals surface area contributed by atoms with Crippen LogP contribution >= 0.6 is 11.8 Å². The minimum atomic E-state index is -3.31. The largest absolute Gasteiger partial charge is 0.340 e. The zero-order valence-corrected chi connectivity index (χ0v) is 15.3. The number of hydrogen-bond donors (Lipinski definition) is 0. The Morgan fingerprint density at radius 2 is 1.82 bits per heavy atom. The van der Waals surface area contributed by atoms with Gasteiger partial charge in [0, 0.05) is 24.9 Å². The van der Waals surface area contributed by atoms with Crippen LogP contribution in [0, 0.1) is 0 Å². The van der Waals surface area contributed by atoms with E-state index in [9.17, 15) is 13.2 Å². The molecule has 5 nitrogen and oxygen atoms in total. The smallest absolute Gasteiger partial charge is 0.241 e. The van der Waals surface area contributed by atoms with Crippen molar-refractivity contribution in [2.24, 2.45) is 0 Å². The molecule has 2 rings (SSSR count). The lowest BCUT2D eigenvalue weighted by atomic mass is 10.0. The molecule has 0 radical (unpaired) electrons. The molecule has 2 fully saturated rings. The van der Waals surface area contributed by atoms with Crippen molar-refractivity contribution in [1.29, 1.82) is 0 Å². The van der Waals surface area contributed by atoms with Gasteiger partial charge in [0.05, 0.1) is 6.26 Å². The molecule has 0 saturated carbocycles. The average molecular weight is 349 g/mol. The first-order valence-electron chi connectivity index (χ1n) is 8.30. The summed E-state index contributed by atoms with van der Waals surface area (Å²) in [4.78, 5) is 14.8. The van der Waals surface area contributed by atoms with Crippen molar-refractivity contribution in [2.75, 3.05) is 31.6 Å². The maximum atomic E-state index is 12.9. The predicted molar refractivity (Wildman–Crippen MR) is 91.5 cm³/mol. The minimum absolute atomic E-state index is 0.0220. The Hall–Kier alpha value is -0.270. The normalized spacial score (nSPS) is 28.4. The highest BCUT2D eigenvalue weighted by Crippen LogP contribution is 2.26. The third-order valence-corrected chi connectivity index (χ3v) is 6.99. The predicted octanol–water partition coefficient (Wildman–Crippen LogP) is 1.93.